The fourth-order valence-electron chi connectivity index (χ4n) is 1.73. The van der Waals surface area contributed by atoms with Crippen molar-refractivity contribution in [3.63, 3.8) is 0 Å². The molecule has 0 bridgehead atoms. The molecular weight excluding hydrogens is 174 g/mol. The van der Waals surface area contributed by atoms with Gasteiger partial charge in [-0.25, -0.2) is 0 Å². The maximum absolute atomic E-state index is 5.31. The second-order valence-electron chi connectivity index (χ2n) is 3.54. The summed E-state index contributed by atoms with van der Waals surface area (Å²) in [6, 6.07) is 4.35. The van der Waals surface area contributed by atoms with E-state index in [2.05, 4.69) is 38.2 Å². The first kappa shape index (κ1) is 11.1. The Morgan fingerprint density at radius 1 is 1.21 bits per heavy atom. The number of aryl methyl sites for hydroxylation is 2. The monoisotopic (exact) mass is 193 g/mol. The molecule has 0 aliphatic rings. The Labute approximate surface area is 86.3 Å². The van der Waals surface area contributed by atoms with Crippen molar-refractivity contribution in [1.82, 2.24) is 5.32 Å². The van der Waals surface area contributed by atoms with Gasteiger partial charge in [0.25, 0.3) is 0 Å². The van der Waals surface area contributed by atoms with Gasteiger partial charge in [0.2, 0.25) is 0 Å². The molecule has 0 saturated carbocycles. The van der Waals surface area contributed by atoms with E-state index in [4.69, 9.17) is 4.74 Å². The summed E-state index contributed by atoms with van der Waals surface area (Å²) in [6.45, 7) is 8.22. The minimum atomic E-state index is 0.933. The Bertz CT molecular complexity index is 284. The summed E-state index contributed by atoms with van der Waals surface area (Å²) in [5, 5.41) is 3.32. The maximum atomic E-state index is 5.31. The highest BCUT2D eigenvalue weighted by Crippen LogP contribution is 2.24. The summed E-state index contributed by atoms with van der Waals surface area (Å²) < 4.78 is 5.31. The van der Waals surface area contributed by atoms with Crippen molar-refractivity contribution in [2.75, 3.05) is 13.7 Å². The number of nitrogens with one attached hydrogen (secondary N) is 1. The molecule has 2 heteroatoms. The second kappa shape index (κ2) is 5.01. The molecule has 1 N–H and O–H groups in total. The quantitative estimate of drug-likeness (QED) is 0.793. The lowest BCUT2D eigenvalue weighted by atomic mass is 10.1. The SMILES string of the molecule is CCNCc1cc(C)c(OC)c(C)c1. The number of methoxy groups -OCH3 is 1. The zero-order valence-corrected chi connectivity index (χ0v) is 9.48. The Hall–Kier alpha value is -1.02. The zero-order chi connectivity index (χ0) is 10.6. The van der Waals surface area contributed by atoms with Gasteiger partial charge in [0.15, 0.2) is 0 Å². The standard InChI is InChI=1S/C12H19NO/c1-5-13-8-11-6-9(2)12(14-4)10(3)7-11/h6-7,13H,5,8H2,1-4H3. The normalized spacial score (nSPS) is 10.3. The first-order chi connectivity index (χ1) is 6.69. The lowest BCUT2D eigenvalue weighted by Crippen LogP contribution is -2.12. The summed E-state index contributed by atoms with van der Waals surface area (Å²) in [7, 11) is 1.72. The maximum Gasteiger partial charge on any atom is 0.124 e. The van der Waals surface area contributed by atoms with E-state index in [0.29, 0.717) is 0 Å². The summed E-state index contributed by atoms with van der Waals surface area (Å²) in [6.07, 6.45) is 0. The van der Waals surface area contributed by atoms with E-state index in [1.165, 1.54) is 16.7 Å². The Morgan fingerprint density at radius 2 is 1.79 bits per heavy atom. The topological polar surface area (TPSA) is 21.3 Å². The van der Waals surface area contributed by atoms with Crippen LogP contribution in [-0.4, -0.2) is 13.7 Å². The third kappa shape index (κ3) is 2.48. The smallest absolute Gasteiger partial charge is 0.124 e. The van der Waals surface area contributed by atoms with Crippen LogP contribution in [0.25, 0.3) is 0 Å². The van der Waals surface area contributed by atoms with Gasteiger partial charge in [-0.2, -0.15) is 0 Å². The third-order valence-electron chi connectivity index (χ3n) is 2.30. The second-order valence-corrected chi connectivity index (χ2v) is 3.54. The molecule has 0 aromatic heterocycles. The van der Waals surface area contributed by atoms with Crippen molar-refractivity contribution < 1.29 is 4.74 Å². The summed E-state index contributed by atoms with van der Waals surface area (Å²) in [5.74, 6) is 1.00. The van der Waals surface area contributed by atoms with Gasteiger partial charge in [0.05, 0.1) is 7.11 Å². The number of hydrogen-bond donors (Lipinski definition) is 1. The zero-order valence-electron chi connectivity index (χ0n) is 9.48. The van der Waals surface area contributed by atoms with Gasteiger partial charge in [0, 0.05) is 6.54 Å². The number of ether oxygens (including phenoxy) is 1. The van der Waals surface area contributed by atoms with Gasteiger partial charge in [-0.3, -0.25) is 0 Å². The van der Waals surface area contributed by atoms with Gasteiger partial charge >= 0.3 is 0 Å². The van der Waals surface area contributed by atoms with Gasteiger partial charge in [-0.1, -0.05) is 19.1 Å². The lowest BCUT2D eigenvalue weighted by molar-refractivity contribution is 0.408. The number of hydrogen-bond acceptors (Lipinski definition) is 2. The van der Waals surface area contributed by atoms with Gasteiger partial charge < -0.3 is 10.1 Å². The highest BCUT2D eigenvalue weighted by atomic mass is 16.5. The van der Waals surface area contributed by atoms with Crippen LogP contribution in [0.4, 0.5) is 0 Å². The predicted octanol–water partition coefficient (Wildman–Crippen LogP) is 2.42. The molecule has 0 unspecified atom stereocenters. The predicted molar refractivity (Wildman–Crippen MR) is 59.8 cm³/mol. The van der Waals surface area contributed by atoms with Crippen LogP contribution in [0.3, 0.4) is 0 Å². The molecule has 78 valence electrons. The van der Waals surface area contributed by atoms with Gasteiger partial charge in [-0.15, -0.1) is 0 Å². The molecule has 0 radical (unpaired) electrons. The van der Waals surface area contributed by atoms with Crippen LogP contribution in [-0.2, 0) is 6.54 Å². The molecule has 14 heavy (non-hydrogen) atoms. The van der Waals surface area contributed by atoms with E-state index >= 15 is 0 Å². The third-order valence-corrected chi connectivity index (χ3v) is 2.30. The van der Waals surface area contributed by atoms with Crippen molar-refractivity contribution in [3.05, 3.63) is 28.8 Å². The van der Waals surface area contributed by atoms with Crippen molar-refractivity contribution >= 4 is 0 Å². The van der Waals surface area contributed by atoms with Crippen LogP contribution in [0, 0.1) is 13.8 Å². The molecule has 1 rings (SSSR count). The van der Waals surface area contributed by atoms with E-state index < -0.39 is 0 Å². The van der Waals surface area contributed by atoms with Crippen molar-refractivity contribution in [3.8, 4) is 5.75 Å². The molecular formula is C12H19NO. The summed E-state index contributed by atoms with van der Waals surface area (Å²) in [5.41, 5.74) is 3.74. The molecule has 0 spiro atoms. The van der Waals surface area contributed by atoms with E-state index in [9.17, 15) is 0 Å². The van der Waals surface area contributed by atoms with E-state index in [1.54, 1.807) is 7.11 Å². The van der Waals surface area contributed by atoms with Crippen LogP contribution < -0.4 is 10.1 Å². The van der Waals surface area contributed by atoms with Crippen molar-refractivity contribution in [1.29, 1.82) is 0 Å². The average molecular weight is 193 g/mol. The Balaban J connectivity index is 2.90. The van der Waals surface area contributed by atoms with Crippen LogP contribution in [0.1, 0.15) is 23.6 Å². The minimum Gasteiger partial charge on any atom is -0.496 e. The molecule has 0 amide bonds. The molecule has 1 aromatic carbocycles. The Morgan fingerprint density at radius 3 is 2.21 bits per heavy atom. The molecule has 1 aromatic rings. The van der Waals surface area contributed by atoms with Gasteiger partial charge in [-0.05, 0) is 37.1 Å². The van der Waals surface area contributed by atoms with Crippen molar-refractivity contribution in [2.24, 2.45) is 0 Å². The van der Waals surface area contributed by atoms with Crippen LogP contribution in [0.2, 0.25) is 0 Å². The molecule has 0 aliphatic carbocycles. The first-order valence-corrected chi connectivity index (χ1v) is 5.03. The largest absolute Gasteiger partial charge is 0.496 e. The first-order valence-electron chi connectivity index (χ1n) is 5.03. The fraction of sp³-hybridized carbons (Fsp3) is 0.500. The van der Waals surface area contributed by atoms with E-state index in [-0.39, 0.29) is 0 Å². The van der Waals surface area contributed by atoms with E-state index in [0.717, 1.165) is 18.8 Å². The number of benzene rings is 1. The highest BCUT2D eigenvalue weighted by molar-refractivity contribution is 5.43. The molecule has 2 nitrogen and oxygen atoms in total. The van der Waals surface area contributed by atoms with Crippen LogP contribution in [0.15, 0.2) is 12.1 Å². The summed E-state index contributed by atoms with van der Waals surface area (Å²) in [4.78, 5) is 0. The van der Waals surface area contributed by atoms with E-state index in [1.807, 2.05) is 0 Å². The molecule has 0 atom stereocenters. The average Bonchev–Trinajstić information content (AvgIpc) is 2.14. The molecule has 0 aliphatic heterocycles. The Kier molecular flexibility index (Phi) is 3.96. The summed E-state index contributed by atoms with van der Waals surface area (Å²) >= 11 is 0. The number of rotatable bonds is 4. The van der Waals surface area contributed by atoms with Crippen molar-refractivity contribution in [2.45, 2.75) is 27.3 Å². The lowest BCUT2D eigenvalue weighted by Gasteiger charge is -2.11. The fourth-order valence-corrected chi connectivity index (χ4v) is 1.73. The molecule has 0 saturated heterocycles. The molecule has 0 heterocycles. The van der Waals surface area contributed by atoms with Crippen LogP contribution in [0.5, 0.6) is 5.75 Å². The van der Waals surface area contributed by atoms with Crippen LogP contribution >= 0.6 is 0 Å². The highest BCUT2D eigenvalue weighted by Gasteiger charge is 2.04. The molecule has 0 fully saturated rings. The van der Waals surface area contributed by atoms with Gasteiger partial charge in [0.1, 0.15) is 5.75 Å². The minimum absolute atomic E-state index is 0.933.